The zero-order valence-electron chi connectivity index (χ0n) is 22.7. The van der Waals surface area contributed by atoms with Crippen molar-refractivity contribution in [2.24, 2.45) is 11.8 Å². The Bertz CT molecular complexity index is 1270. The molecule has 2 amide bonds. The lowest BCUT2D eigenvalue weighted by Gasteiger charge is -2.35. The third-order valence-electron chi connectivity index (χ3n) is 9.20. The quantitative estimate of drug-likeness (QED) is 0.598. The van der Waals surface area contributed by atoms with E-state index in [2.05, 4.69) is 12.2 Å². The SMILES string of the molecule is CC[C@H]1CCCCN1C(=O)Cn1c(=O)n(CC2CCC(C(=O)NC3CCCC3)CC2)c(=O)c2ccccc21. The number of piperidine rings is 1. The van der Waals surface area contributed by atoms with Gasteiger partial charge in [0.2, 0.25) is 11.8 Å². The number of fused-ring (bicyclic) bond motifs is 1. The van der Waals surface area contributed by atoms with Gasteiger partial charge in [0.15, 0.2) is 0 Å². The molecule has 8 nitrogen and oxygen atoms in total. The van der Waals surface area contributed by atoms with E-state index in [1.807, 2.05) is 4.90 Å². The molecule has 2 aromatic rings. The van der Waals surface area contributed by atoms with Gasteiger partial charge in [0.25, 0.3) is 5.56 Å². The van der Waals surface area contributed by atoms with Crippen LogP contribution in [0, 0.1) is 11.8 Å². The van der Waals surface area contributed by atoms with Crippen molar-refractivity contribution in [2.75, 3.05) is 6.54 Å². The molecule has 38 heavy (non-hydrogen) atoms. The summed E-state index contributed by atoms with van der Waals surface area (Å²) < 4.78 is 2.84. The number of amides is 2. The van der Waals surface area contributed by atoms with E-state index in [-0.39, 0.29) is 41.8 Å². The van der Waals surface area contributed by atoms with Gasteiger partial charge in [-0.3, -0.25) is 23.5 Å². The van der Waals surface area contributed by atoms with E-state index in [0.29, 0.717) is 23.5 Å². The molecule has 0 unspecified atom stereocenters. The molecule has 2 heterocycles. The first kappa shape index (κ1) is 26.7. The number of para-hydroxylation sites is 1. The summed E-state index contributed by atoms with van der Waals surface area (Å²) in [4.78, 5) is 55.2. The summed E-state index contributed by atoms with van der Waals surface area (Å²) >= 11 is 0. The lowest BCUT2D eigenvalue weighted by atomic mass is 9.81. The van der Waals surface area contributed by atoms with E-state index >= 15 is 0 Å². The second-order valence-electron chi connectivity index (χ2n) is 11.7. The largest absolute Gasteiger partial charge is 0.353 e. The molecule has 1 atom stereocenters. The number of likely N-dealkylation sites (tertiary alicyclic amines) is 1. The minimum absolute atomic E-state index is 0.0190. The van der Waals surface area contributed by atoms with Gasteiger partial charge in [0, 0.05) is 31.1 Å². The van der Waals surface area contributed by atoms with E-state index < -0.39 is 5.69 Å². The van der Waals surface area contributed by atoms with Crippen LogP contribution in [-0.4, -0.2) is 44.5 Å². The fourth-order valence-corrected chi connectivity index (χ4v) is 6.92. The summed E-state index contributed by atoms with van der Waals surface area (Å²) in [6.45, 7) is 3.10. The van der Waals surface area contributed by atoms with Crippen LogP contribution in [-0.2, 0) is 22.7 Å². The topological polar surface area (TPSA) is 93.4 Å². The molecule has 0 radical (unpaired) electrons. The highest BCUT2D eigenvalue weighted by Crippen LogP contribution is 2.30. The number of aromatic nitrogens is 2. The van der Waals surface area contributed by atoms with Crippen molar-refractivity contribution in [2.45, 2.75) is 109 Å². The van der Waals surface area contributed by atoms with Gasteiger partial charge in [-0.1, -0.05) is 31.9 Å². The zero-order chi connectivity index (χ0) is 26.6. The summed E-state index contributed by atoms with van der Waals surface area (Å²) in [5, 5.41) is 3.70. The highest BCUT2D eigenvalue weighted by atomic mass is 16.2. The van der Waals surface area contributed by atoms with Crippen LogP contribution in [0.3, 0.4) is 0 Å². The third kappa shape index (κ3) is 5.59. The van der Waals surface area contributed by atoms with Gasteiger partial charge in [-0.25, -0.2) is 4.79 Å². The molecule has 2 aliphatic carbocycles. The van der Waals surface area contributed by atoms with E-state index in [1.54, 1.807) is 24.3 Å². The van der Waals surface area contributed by atoms with Gasteiger partial charge in [0.05, 0.1) is 10.9 Å². The molecule has 1 aromatic heterocycles. The first-order chi connectivity index (χ1) is 18.5. The Kier molecular flexibility index (Phi) is 8.34. The summed E-state index contributed by atoms with van der Waals surface area (Å²) in [7, 11) is 0. The van der Waals surface area contributed by atoms with Crippen LogP contribution in [0.5, 0.6) is 0 Å². The highest BCUT2D eigenvalue weighted by Gasteiger charge is 2.30. The average molecular weight is 523 g/mol. The fourth-order valence-electron chi connectivity index (χ4n) is 6.92. The minimum atomic E-state index is -0.409. The maximum absolute atomic E-state index is 13.7. The Morgan fingerprint density at radius 2 is 1.61 bits per heavy atom. The van der Waals surface area contributed by atoms with Gasteiger partial charge in [-0.15, -0.1) is 0 Å². The summed E-state index contributed by atoms with van der Waals surface area (Å²) in [5.74, 6) is 0.295. The Morgan fingerprint density at radius 3 is 2.34 bits per heavy atom. The number of hydrogen-bond donors (Lipinski definition) is 1. The highest BCUT2D eigenvalue weighted by molar-refractivity contribution is 5.82. The van der Waals surface area contributed by atoms with Crippen molar-refractivity contribution in [3.05, 3.63) is 45.1 Å². The molecule has 0 spiro atoms. The predicted octanol–water partition coefficient (Wildman–Crippen LogP) is 3.82. The van der Waals surface area contributed by atoms with E-state index in [1.165, 1.54) is 22.0 Å². The maximum Gasteiger partial charge on any atom is 0.331 e. The van der Waals surface area contributed by atoms with Crippen LogP contribution in [0.4, 0.5) is 0 Å². The molecule has 2 saturated carbocycles. The number of carbonyl (C=O) groups is 2. The van der Waals surface area contributed by atoms with Crippen LogP contribution >= 0.6 is 0 Å². The molecule has 1 aliphatic heterocycles. The third-order valence-corrected chi connectivity index (χ3v) is 9.20. The average Bonchev–Trinajstić information content (AvgIpc) is 3.46. The van der Waals surface area contributed by atoms with Gasteiger partial charge in [-0.05, 0) is 82.3 Å². The number of benzene rings is 1. The lowest BCUT2D eigenvalue weighted by Crippen LogP contribution is -2.48. The van der Waals surface area contributed by atoms with E-state index in [9.17, 15) is 19.2 Å². The molecule has 1 N–H and O–H groups in total. The van der Waals surface area contributed by atoms with Crippen LogP contribution in [0.25, 0.3) is 10.9 Å². The molecule has 3 aliphatic rings. The van der Waals surface area contributed by atoms with Gasteiger partial charge in [0.1, 0.15) is 6.54 Å². The van der Waals surface area contributed by atoms with Crippen molar-refractivity contribution in [1.82, 2.24) is 19.4 Å². The molecule has 206 valence electrons. The van der Waals surface area contributed by atoms with E-state index in [4.69, 9.17) is 0 Å². The standard InChI is InChI=1S/C30H42N4O4/c1-2-24-11-7-8-18-32(24)27(35)20-33-26-13-6-5-12-25(26)29(37)34(30(33)38)19-21-14-16-22(17-15-21)28(36)31-23-9-3-4-10-23/h5-6,12-13,21-24H,2-4,7-11,14-20H2,1H3,(H,31,36)/t21?,22?,24-/m0/s1. The second kappa shape index (κ2) is 11.9. The summed E-state index contributed by atoms with van der Waals surface area (Å²) in [6, 6.07) is 7.66. The van der Waals surface area contributed by atoms with E-state index in [0.717, 1.165) is 70.8 Å². The van der Waals surface area contributed by atoms with Crippen molar-refractivity contribution in [1.29, 1.82) is 0 Å². The molecule has 1 aromatic carbocycles. The number of hydrogen-bond acceptors (Lipinski definition) is 4. The Labute approximate surface area is 224 Å². The zero-order valence-corrected chi connectivity index (χ0v) is 22.7. The number of nitrogens with zero attached hydrogens (tertiary/aromatic N) is 3. The number of nitrogens with one attached hydrogen (secondary N) is 1. The fraction of sp³-hybridized carbons (Fsp3) is 0.667. The lowest BCUT2D eigenvalue weighted by molar-refractivity contribution is -0.135. The van der Waals surface area contributed by atoms with Crippen LogP contribution in [0.2, 0.25) is 0 Å². The normalized spacial score (nSPS) is 24.6. The maximum atomic E-state index is 13.7. The molecular weight excluding hydrogens is 480 g/mol. The molecule has 3 fully saturated rings. The minimum Gasteiger partial charge on any atom is -0.353 e. The predicted molar refractivity (Wildman–Crippen MR) is 148 cm³/mol. The Morgan fingerprint density at radius 1 is 0.895 bits per heavy atom. The summed E-state index contributed by atoms with van der Waals surface area (Å²) in [6.07, 6.45) is 11.8. The van der Waals surface area contributed by atoms with Gasteiger partial charge < -0.3 is 10.2 Å². The van der Waals surface area contributed by atoms with Gasteiger partial charge in [-0.2, -0.15) is 0 Å². The summed E-state index contributed by atoms with van der Waals surface area (Å²) in [5.41, 5.74) is -0.183. The van der Waals surface area contributed by atoms with Gasteiger partial charge >= 0.3 is 5.69 Å². The molecule has 5 rings (SSSR count). The number of rotatable bonds is 7. The molecule has 0 bridgehead atoms. The monoisotopic (exact) mass is 522 g/mol. The second-order valence-corrected chi connectivity index (χ2v) is 11.7. The smallest absolute Gasteiger partial charge is 0.331 e. The van der Waals surface area contributed by atoms with Crippen LogP contribution < -0.4 is 16.6 Å². The van der Waals surface area contributed by atoms with Crippen molar-refractivity contribution < 1.29 is 9.59 Å². The first-order valence-electron chi connectivity index (χ1n) is 14.8. The van der Waals surface area contributed by atoms with Crippen molar-refractivity contribution in [3.63, 3.8) is 0 Å². The first-order valence-corrected chi connectivity index (χ1v) is 14.8. The van der Waals surface area contributed by atoms with Crippen LogP contribution in [0.15, 0.2) is 33.9 Å². The molecular formula is C30H42N4O4. The Balaban J connectivity index is 1.33. The Hall–Kier alpha value is -2.90. The van der Waals surface area contributed by atoms with Crippen molar-refractivity contribution >= 4 is 22.7 Å². The molecule has 1 saturated heterocycles. The number of carbonyl (C=O) groups excluding carboxylic acids is 2. The molecule has 8 heteroatoms. The van der Waals surface area contributed by atoms with Crippen molar-refractivity contribution in [3.8, 4) is 0 Å². The van der Waals surface area contributed by atoms with Crippen LogP contribution in [0.1, 0.15) is 84.0 Å².